The number of amides is 1. The van der Waals surface area contributed by atoms with Crippen LogP contribution in [-0.2, 0) is 12.8 Å². The molecule has 3 nitrogen and oxygen atoms in total. The van der Waals surface area contributed by atoms with Crippen molar-refractivity contribution in [3.05, 3.63) is 38.0 Å². The van der Waals surface area contributed by atoms with Gasteiger partial charge in [-0.15, -0.1) is 22.7 Å². The van der Waals surface area contributed by atoms with E-state index in [0.717, 1.165) is 50.1 Å². The minimum Gasteiger partial charge on any atom is -0.337 e. The van der Waals surface area contributed by atoms with Gasteiger partial charge in [0.25, 0.3) is 5.91 Å². The second-order valence-corrected chi connectivity index (χ2v) is 8.19. The molecule has 1 amide bonds. The van der Waals surface area contributed by atoms with Crippen molar-refractivity contribution >= 4 is 28.6 Å². The third kappa shape index (κ3) is 3.66. The molecule has 5 heteroatoms. The van der Waals surface area contributed by atoms with Crippen LogP contribution in [0.3, 0.4) is 0 Å². The Morgan fingerprint density at radius 2 is 2.30 bits per heavy atom. The fraction of sp³-hybridized carbons (Fsp3) is 0.556. The monoisotopic (exact) mass is 348 g/mol. The molecule has 1 aliphatic heterocycles. The first kappa shape index (κ1) is 16.7. The van der Waals surface area contributed by atoms with Gasteiger partial charge in [0.15, 0.2) is 0 Å². The maximum atomic E-state index is 12.9. The van der Waals surface area contributed by atoms with Gasteiger partial charge in [-0.3, -0.25) is 4.79 Å². The second kappa shape index (κ2) is 7.58. The summed E-state index contributed by atoms with van der Waals surface area (Å²) in [5, 5.41) is 3.20. The van der Waals surface area contributed by atoms with Crippen LogP contribution in [0.5, 0.6) is 0 Å². The van der Waals surface area contributed by atoms with Gasteiger partial charge < -0.3 is 4.90 Å². The summed E-state index contributed by atoms with van der Waals surface area (Å²) in [6.07, 6.45) is 7.32. The van der Waals surface area contributed by atoms with Crippen molar-refractivity contribution in [1.29, 1.82) is 0 Å². The molecule has 0 N–H and O–H groups in total. The van der Waals surface area contributed by atoms with Gasteiger partial charge in [0.1, 0.15) is 0 Å². The quantitative estimate of drug-likeness (QED) is 0.782. The number of nitrogens with zero attached hydrogens (tertiary/aromatic N) is 2. The third-order valence-corrected chi connectivity index (χ3v) is 6.64. The Morgan fingerprint density at radius 3 is 3.00 bits per heavy atom. The van der Waals surface area contributed by atoms with Gasteiger partial charge in [-0.2, -0.15) is 0 Å². The first-order valence-electron chi connectivity index (χ1n) is 8.53. The van der Waals surface area contributed by atoms with Crippen molar-refractivity contribution in [3.63, 3.8) is 0 Å². The molecule has 2 aromatic heterocycles. The van der Waals surface area contributed by atoms with E-state index in [1.165, 1.54) is 15.4 Å². The number of carbonyl (C=O) groups excluding carboxylic acids is 1. The van der Waals surface area contributed by atoms with Crippen molar-refractivity contribution in [2.75, 3.05) is 13.1 Å². The number of aromatic nitrogens is 1. The summed E-state index contributed by atoms with van der Waals surface area (Å²) in [4.78, 5) is 21.7. The number of piperidine rings is 1. The zero-order chi connectivity index (χ0) is 16.2. The van der Waals surface area contributed by atoms with E-state index in [0.29, 0.717) is 5.92 Å². The lowest BCUT2D eigenvalue weighted by molar-refractivity contribution is 0.0712. The minimum absolute atomic E-state index is 0.216. The van der Waals surface area contributed by atoms with Crippen LogP contribution in [-0.4, -0.2) is 28.9 Å². The maximum Gasteiger partial charge on any atom is 0.263 e. The molecule has 0 aromatic carbocycles. The van der Waals surface area contributed by atoms with Crippen LogP contribution >= 0.6 is 22.7 Å². The normalized spacial score (nSPS) is 18.3. The van der Waals surface area contributed by atoms with Gasteiger partial charge in [-0.05, 0) is 37.3 Å². The Bertz CT molecular complexity index is 648. The second-order valence-electron chi connectivity index (χ2n) is 6.12. The molecule has 0 saturated carbocycles. The van der Waals surface area contributed by atoms with Crippen LogP contribution in [0.1, 0.15) is 64.1 Å². The lowest BCUT2D eigenvalue weighted by Crippen LogP contribution is -2.38. The van der Waals surface area contributed by atoms with E-state index < -0.39 is 0 Å². The molecule has 1 atom stereocenters. The maximum absolute atomic E-state index is 12.9. The highest BCUT2D eigenvalue weighted by Crippen LogP contribution is 2.31. The van der Waals surface area contributed by atoms with E-state index in [2.05, 4.69) is 24.9 Å². The van der Waals surface area contributed by atoms with Crippen molar-refractivity contribution in [2.24, 2.45) is 0 Å². The minimum atomic E-state index is 0.216. The van der Waals surface area contributed by atoms with E-state index in [9.17, 15) is 4.79 Å². The Hall–Kier alpha value is -1.20. The summed E-state index contributed by atoms with van der Waals surface area (Å²) in [5.41, 5.74) is 1.36. The van der Waals surface area contributed by atoms with E-state index in [1.54, 1.807) is 22.7 Å². The molecule has 124 valence electrons. The van der Waals surface area contributed by atoms with Crippen molar-refractivity contribution < 1.29 is 4.79 Å². The summed E-state index contributed by atoms with van der Waals surface area (Å²) in [6, 6.07) is 2.13. The largest absolute Gasteiger partial charge is 0.337 e. The first-order valence-corrected chi connectivity index (χ1v) is 10.2. The molecule has 1 fully saturated rings. The number of thiophene rings is 1. The van der Waals surface area contributed by atoms with Crippen LogP contribution in [0.4, 0.5) is 0 Å². The summed E-state index contributed by atoms with van der Waals surface area (Å²) >= 11 is 3.41. The molecule has 1 unspecified atom stereocenters. The van der Waals surface area contributed by atoms with Gasteiger partial charge >= 0.3 is 0 Å². The summed E-state index contributed by atoms with van der Waals surface area (Å²) in [6.45, 7) is 6.07. The lowest BCUT2D eigenvalue weighted by Gasteiger charge is -2.31. The number of likely N-dealkylation sites (tertiary alicyclic amines) is 1. The Morgan fingerprint density at radius 1 is 1.43 bits per heavy atom. The zero-order valence-corrected chi connectivity index (χ0v) is 15.5. The van der Waals surface area contributed by atoms with Gasteiger partial charge in [-0.1, -0.05) is 20.3 Å². The zero-order valence-electron chi connectivity index (χ0n) is 13.9. The fourth-order valence-corrected chi connectivity index (χ4v) is 5.36. The topological polar surface area (TPSA) is 33.2 Å². The smallest absolute Gasteiger partial charge is 0.263 e. The van der Waals surface area contributed by atoms with Crippen molar-refractivity contribution in [3.8, 4) is 0 Å². The summed E-state index contributed by atoms with van der Waals surface area (Å²) in [7, 11) is 0. The van der Waals surface area contributed by atoms with Gasteiger partial charge in [0.05, 0.1) is 9.88 Å². The Balaban J connectivity index is 1.74. The van der Waals surface area contributed by atoms with Crippen molar-refractivity contribution in [1.82, 2.24) is 9.88 Å². The number of thiazole rings is 1. The average Bonchev–Trinajstić information content (AvgIpc) is 3.24. The van der Waals surface area contributed by atoms with E-state index >= 15 is 0 Å². The van der Waals surface area contributed by atoms with Crippen LogP contribution in [0.15, 0.2) is 17.6 Å². The number of aryl methyl sites for hydroxylation is 2. The molecule has 3 heterocycles. The molecule has 23 heavy (non-hydrogen) atoms. The van der Waals surface area contributed by atoms with Gasteiger partial charge in [0, 0.05) is 35.5 Å². The molecule has 0 radical (unpaired) electrons. The highest BCUT2D eigenvalue weighted by molar-refractivity contribution is 7.14. The molecule has 0 aliphatic carbocycles. The molecule has 1 aliphatic rings. The molecule has 2 aromatic rings. The lowest BCUT2D eigenvalue weighted by atomic mass is 9.98. The Kier molecular flexibility index (Phi) is 5.49. The SMILES string of the molecule is CCCc1sc(C(=O)N2CCCC(c3nccs3)C2)cc1CC. The van der Waals surface area contributed by atoms with E-state index in [4.69, 9.17) is 0 Å². The molecule has 1 saturated heterocycles. The molecule has 0 spiro atoms. The van der Waals surface area contributed by atoms with Crippen molar-refractivity contribution in [2.45, 2.75) is 51.9 Å². The number of hydrogen-bond donors (Lipinski definition) is 0. The van der Waals surface area contributed by atoms with Gasteiger partial charge in [0.2, 0.25) is 0 Å². The standard InChI is InChI=1S/C18H24N2OS2/c1-3-6-15-13(4-2)11-16(23-15)18(21)20-9-5-7-14(12-20)17-19-8-10-22-17/h8,10-11,14H,3-7,9,12H2,1-2H3. The van der Waals surface area contributed by atoms with Crippen LogP contribution < -0.4 is 0 Å². The summed E-state index contributed by atoms with van der Waals surface area (Å²) in [5.74, 6) is 0.627. The number of rotatable bonds is 5. The van der Waals surface area contributed by atoms with Crippen LogP contribution in [0.25, 0.3) is 0 Å². The van der Waals surface area contributed by atoms with Crippen LogP contribution in [0, 0.1) is 0 Å². The highest BCUT2D eigenvalue weighted by Gasteiger charge is 2.28. The van der Waals surface area contributed by atoms with Crippen LogP contribution in [0.2, 0.25) is 0 Å². The molecule has 0 bridgehead atoms. The summed E-state index contributed by atoms with van der Waals surface area (Å²) < 4.78 is 0. The first-order chi connectivity index (χ1) is 11.2. The highest BCUT2D eigenvalue weighted by atomic mass is 32.1. The molecular formula is C18H24N2OS2. The molecular weight excluding hydrogens is 324 g/mol. The van der Waals surface area contributed by atoms with E-state index in [-0.39, 0.29) is 5.91 Å². The fourth-order valence-electron chi connectivity index (χ4n) is 3.26. The van der Waals surface area contributed by atoms with E-state index in [1.807, 2.05) is 16.5 Å². The predicted molar refractivity (Wildman–Crippen MR) is 97.7 cm³/mol. The number of hydrogen-bond acceptors (Lipinski definition) is 4. The van der Waals surface area contributed by atoms with Gasteiger partial charge in [-0.25, -0.2) is 4.98 Å². The molecule has 3 rings (SSSR count). The number of carbonyl (C=O) groups is 1. The predicted octanol–water partition coefficient (Wildman–Crippen LogP) is 4.74. The average molecular weight is 349 g/mol. The Labute approximate surface area is 146 Å². The third-order valence-electron chi connectivity index (χ3n) is 4.47.